The van der Waals surface area contributed by atoms with Gasteiger partial charge < -0.3 is 78.0 Å². The van der Waals surface area contributed by atoms with Gasteiger partial charge in [-0.1, -0.05) is 74.7 Å². The van der Waals surface area contributed by atoms with Gasteiger partial charge in [0.1, 0.15) is 0 Å². The second-order valence-corrected chi connectivity index (χ2v) is 15.7. The fourth-order valence-electron chi connectivity index (χ4n) is 3.46. The highest BCUT2D eigenvalue weighted by molar-refractivity contribution is 4.57. The molecule has 0 rings (SSSR count). The molecule has 0 spiro atoms. The Kier molecular flexibility index (Phi) is 78.8. The molecule has 0 aromatic rings. The third-order valence-corrected chi connectivity index (χ3v) is 7.02. The lowest BCUT2D eigenvalue weighted by molar-refractivity contribution is -0.0384. The molecule has 0 aliphatic carbocycles. The van der Waals surface area contributed by atoms with Gasteiger partial charge in [0.15, 0.2) is 0 Å². The van der Waals surface area contributed by atoms with Gasteiger partial charge >= 0.3 is 0 Å². The van der Waals surface area contributed by atoms with Crippen LogP contribution >= 0.6 is 0 Å². The molecule has 62 heavy (non-hydrogen) atoms. The molecule has 16 heteroatoms. The van der Waals surface area contributed by atoms with Crippen LogP contribution in [0.3, 0.4) is 0 Å². The van der Waals surface area contributed by atoms with E-state index in [4.69, 9.17) is 73.3 Å². The van der Waals surface area contributed by atoms with E-state index >= 15 is 0 Å². The molecule has 0 aliphatic heterocycles. The third-order valence-electron chi connectivity index (χ3n) is 7.02. The van der Waals surface area contributed by atoms with Crippen LogP contribution in [-0.4, -0.2) is 201 Å². The first kappa shape index (κ1) is 72.9. The Morgan fingerprint density at radius 3 is 1.06 bits per heavy atom. The summed E-state index contributed by atoms with van der Waals surface area (Å²) in [5, 5.41) is 49.6. The number of rotatable bonds is 37. The second-order valence-electron chi connectivity index (χ2n) is 15.7. The molecule has 2 atom stereocenters. The Hall–Kier alpha value is -0.640. The van der Waals surface area contributed by atoms with Crippen LogP contribution < -0.4 is 0 Å². The minimum Gasteiger partial charge on any atom is -0.394 e. The molecule has 0 fully saturated rings. The highest BCUT2D eigenvalue weighted by atomic mass is 16.5. The maximum Gasteiger partial charge on any atom is 0.0707 e. The minimum atomic E-state index is -0.0947. The Morgan fingerprint density at radius 2 is 0.726 bits per heavy atom. The van der Waals surface area contributed by atoms with Crippen LogP contribution in [0.25, 0.3) is 0 Å². The number of hydrogen-bond acceptors (Lipinski definition) is 16. The zero-order chi connectivity index (χ0) is 48.4. The third kappa shape index (κ3) is 98.3. The lowest BCUT2D eigenvalue weighted by Crippen LogP contribution is -2.22. The van der Waals surface area contributed by atoms with Gasteiger partial charge in [0.25, 0.3) is 0 Å². The fraction of sp³-hybridized carbons (Fsp3) is 1.00. The van der Waals surface area contributed by atoms with E-state index in [-0.39, 0.29) is 45.2 Å². The van der Waals surface area contributed by atoms with Crippen molar-refractivity contribution in [3.05, 3.63) is 0 Å². The maximum absolute atomic E-state index is 8.38. The average Bonchev–Trinajstić information content (AvgIpc) is 3.23. The summed E-state index contributed by atoms with van der Waals surface area (Å²) >= 11 is 0. The van der Waals surface area contributed by atoms with E-state index < -0.39 is 0 Å². The van der Waals surface area contributed by atoms with Crippen molar-refractivity contribution in [2.24, 2.45) is 17.8 Å². The first-order valence-corrected chi connectivity index (χ1v) is 23.2. The smallest absolute Gasteiger partial charge is 0.0707 e. The van der Waals surface area contributed by atoms with Crippen molar-refractivity contribution in [1.82, 2.24) is 0 Å². The molecular weight excluding hydrogens is 808 g/mol. The number of unbranched alkanes of at least 4 members (excludes halogenated alkanes) is 2. The zero-order valence-electron chi connectivity index (χ0n) is 42.1. The predicted molar refractivity (Wildman–Crippen MR) is 249 cm³/mol. The van der Waals surface area contributed by atoms with E-state index in [0.717, 1.165) is 45.7 Å². The molecular formula is C46H104O16. The summed E-state index contributed by atoms with van der Waals surface area (Å²) in [5.41, 5.74) is -0.0947. The van der Waals surface area contributed by atoms with Gasteiger partial charge in [0.2, 0.25) is 0 Å². The van der Waals surface area contributed by atoms with Crippen molar-refractivity contribution in [2.75, 3.05) is 159 Å². The van der Waals surface area contributed by atoms with Gasteiger partial charge in [0.05, 0.1) is 144 Å². The van der Waals surface area contributed by atoms with Crippen molar-refractivity contribution in [1.29, 1.82) is 0 Å². The predicted octanol–water partition coefficient (Wildman–Crippen LogP) is 5.18. The van der Waals surface area contributed by atoms with Gasteiger partial charge in [-0.15, -0.1) is 0 Å². The Balaban J connectivity index is -0.000000153. The van der Waals surface area contributed by atoms with Crippen LogP contribution in [-0.2, 0) is 47.4 Å². The summed E-state index contributed by atoms with van der Waals surface area (Å²) in [6, 6.07) is 0. The molecule has 0 amide bonds. The van der Waals surface area contributed by atoms with E-state index in [1.54, 1.807) is 0 Å². The van der Waals surface area contributed by atoms with Crippen LogP contribution in [0.15, 0.2) is 0 Å². The minimum absolute atomic E-state index is 0.0278. The monoisotopic (exact) mass is 913 g/mol. The van der Waals surface area contributed by atoms with Gasteiger partial charge in [-0.05, 0) is 58.3 Å². The van der Waals surface area contributed by atoms with Crippen molar-refractivity contribution >= 4 is 0 Å². The summed E-state index contributed by atoms with van der Waals surface area (Å²) < 4.78 is 51.3. The van der Waals surface area contributed by atoms with Gasteiger partial charge in [0, 0.05) is 26.4 Å². The molecule has 6 N–H and O–H groups in total. The molecule has 16 nitrogen and oxygen atoms in total. The van der Waals surface area contributed by atoms with Crippen LogP contribution in [0, 0.1) is 17.8 Å². The van der Waals surface area contributed by atoms with Crippen LogP contribution in [0.5, 0.6) is 0 Å². The maximum atomic E-state index is 8.38. The highest BCUT2D eigenvalue weighted by Gasteiger charge is 2.08. The molecule has 0 radical (unpaired) electrons. The van der Waals surface area contributed by atoms with Crippen LogP contribution in [0.1, 0.15) is 115 Å². The molecule has 0 bridgehead atoms. The molecule has 0 aromatic heterocycles. The van der Waals surface area contributed by atoms with Crippen LogP contribution in [0.4, 0.5) is 0 Å². The summed E-state index contributed by atoms with van der Waals surface area (Å²) in [6.07, 6.45) is 6.09. The number of ether oxygens (including phenoxy) is 10. The largest absolute Gasteiger partial charge is 0.394 e. The Labute approximate surface area is 380 Å². The van der Waals surface area contributed by atoms with Crippen molar-refractivity contribution < 1.29 is 78.0 Å². The van der Waals surface area contributed by atoms with Crippen molar-refractivity contribution in [2.45, 2.75) is 127 Å². The topological polar surface area (TPSA) is 214 Å². The van der Waals surface area contributed by atoms with E-state index in [2.05, 4.69) is 60.1 Å². The molecule has 0 heterocycles. The number of aliphatic hydroxyl groups excluding tert-OH is 6. The lowest BCUT2D eigenvalue weighted by Gasteiger charge is -2.19. The molecule has 384 valence electrons. The van der Waals surface area contributed by atoms with Crippen molar-refractivity contribution in [3.8, 4) is 0 Å². The second kappa shape index (κ2) is 67.0. The van der Waals surface area contributed by atoms with Gasteiger partial charge in [-0.3, -0.25) is 0 Å². The summed E-state index contributed by atoms with van der Waals surface area (Å²) in [5.74, 6) is 1.97. The summed E-state index contributed by atoms with van der Waals surface area (Å²) in [6.45, 7) is 36.1. The number of aliphatic hydroxyl groups is 6. The fourth-order valence-corrected chi connectivity index (χ4v) is 3.46. The van der Waals surface area contributed by atoms with E-state index in [0.29, 0.717) is 116 Å². The summed E-state index contributed by atoms with van der Waals surface area (Å²) in [7, 11) is 0. The van der Waals surface area contributed by atoms with Crippen LogP contribution in [0.2, 0.25) is 0 Å². The lowest BCUT2D eigenvalue weighted by atomic mass is 10.1. The normalized spacial score (nSPS) is 11.8. The summed E-state index contributed by atoms with van der Waals surface area (Å²) in [4.78, 5) is 0. The first-order valence-electron chi connectivity index (χ1n) is 23.2. The SMILES string of the molecule is CC(C)(C)OCCOCCO.CC(C)COCC(C)C.CCC(C)COCCOCCO.CCC(C)OCCOCCO.CCCCCOCCOCCO.OCCOCCO. The first-order chi connectivity index (χ1) is 29.6. The molecule has 0 aliphatic rings. The van der Waals surface area contributed by atoms with Gasteiger partial charge in [-0.2, -0.15) is 0 Å². The Bertz CT molecular complexity index is 681. The Morgan fingerprint density at radius 1 is 0.371 bits per heavy atom. The number of hydrogen-bond donors (Lipinski definition) is 6. The molecule has 2 unspecified atom stereocenters. The standard InChI is InChI=1S/2C9H20O3.2C8H18O3.C8H18O.C4H10O3/c1-3-9(2)8-12-7-6-11-5-4-10;1-2-3-4-6-11-8-9-12-7-5-10;1-8(2,3)11-7-6-10-5-4-9;1-3-8(2)11-7-6-10-5-4-9;1-7(2)5-9-6-8(3)4;5-1-3-7-4-2-6/h9-10H,3-8H2,1-2H3;10H,2-9H2,1H3;9H,4-7H2,1-3H3;8-9H,3-7H2,1-2H3;7-8H,5-6H2,1-4H3;5-6H,1-4H2. The van der Waals surface area contributed by atoms with E-state index in [1.807, 2.05) is 27.7 Å². The van der Waals surface area contributed by atoms with E-state index in [1.165, 1.54) is 12.8 Å². The zero-order valence-corrected chi connectivity index (χ0v) is 42.1. The molecule has 0 aromatic carbocycles. The van der Waals surface area contributed by atoms with Crippen molar-refractivity contribution in [3.63, 3.8) is 0 Å². The average molecular weight is 913 g/mol. The molecule has 0 saturated carbocycles. The molecule has 0 saturated heterocycles. The van der Waals surface area contributed by atoms with Gasteiger partial charge in [-0.25, -0.2) is 0 Å². The van der Waals surface area contributed by atoms with E-state index in [9.17, 15) is 0 Å². The quantitative estimate of drug-likeness (QED) is 0.0443. The highest BCUT2D eigenvalue weighted by Crippen LogP contribution is 2.05.